The largest absolute Gasteiger partial charge is 0.319 e. The van der Waals surface area contributed by atoms with Crippen molar-refractivity contribution in [1.82, 2.24) is 5.32 Å². The van der Waals surface area contributed by atoms with Gasteiger partial charge < -0.3 is 5.32 Å². The van der Waals surface area contributed by atoms with E-state index in [2.05, 4.69) is 26.1 Å². The van der Waals surface area contributed by atoms with Gasteiger partial charge in [-0.15, -0.1) is 0 Å². The lowest BCUT2D eigenvalue weighted by atomic mass is 10.1. The number of rotatable bonds is 5. The highest BCUT2D eigenvalue weighted by Crippen LogP contribution is 2.17. The lowest BCUT2D eigenvalue weighted by Crippen LogP contribution is -2.25. The van der Waals surface area contributed by atoms with Crippen molar-refractivity contribution in [3.8, 4) is 0 Å². The van der Waals surface area contributed by atoms with Crippen LogP contribution < -0.4 is 5.32 Å². The molecule has 0 bridgehead atoms. The van der Waals surface area contributed by atoms with Gasteiger partial charge in [-0.1, -0.05) is 20.8 Å². The molecule has 0 aromatic rings. The van der Waals surface area contributed by atoms with Crippen molar-refractivity contribution in [3.63, 3.8) is 0 Å². The molecule has 0 radical (unpaired) electrons. The van der Waals surface area contributed by atoms with Crippen molar-refractivity contribution < 1.29 is 0 Å². The van der Waals surface area contributed by atoms with Crippen molar-refractivity contribution in [2.75, 3.05) is 19.3 Å². The molecule has 1 unspecified atom stereocenters. The quantitative estimate of drug-likeness (QED) is 0.662. The van der Waals surface area contributed by atoms with Gasteiger partial charge in [0.25, 0.3) is 0 Å². The van der Waals surface area contributed by atoms with Crippen LogP contribution in [-0.4, -0.2) is 24.6 Å². The Bertz CT molecular complexity index is 67.7. The van der Waals surface area contributed by atoms with Crippen molar-refractivity contribution >= 4 is 11.8 Å². The van der Waals surface area contributed by atoms with Gasteiger partial charge in [-0.05, 0) is 18.7 Å². The zero-order chi connectivity index (χ0) is 7.98. The third-order valence-corrected chi connectivity index (χ3v) is 3.00. The average molecular weight is 161 g/mol. The zero-order valence-corrected chi connectivity index (χ0v) is 8.29. The maximum Gasteiger partial charge on any atom is 0.0195 e. The first-order valence-electron chi connectivity index (χ1n) is 3.98. The molecule has 0 fully saturated rings. The fourth-order valence-corrected chi connectivity index (χ4v) is 2.00. The number of hydrogen-bond donors (Lipinski definition) is 1. The first-order valence-corrected chi connectivity index (χ1v) is 5.03. The molecule has 1 nitrogen and oxygen atoms in total. The van der Waals surface area contributed by atoms with Crippen LogP contribution in [0.5, 0.6) is 0 Å². The fraction of sp³-hybridized carbons (Fsp3) is 1.00. The van der Waals surface area contributed by atoms with Gasteiger partial charge in [0.05, 0.1) is 0 Å². The van der Waals surface area contributed by atoms with E-state index in [1.807, 2.05) is 18.8 Å². The smallest absolute Gasteiger partial charge is 0.0195 e. The third kappa shape index (κ3) is 4.18. The van der Waals surface area contributed by atoms with E-state index in [9.17, 15) is 0 Å². The second-order valence-corrected chi connectivity index (χ2v) is 4.31. The van der Waals surface area contributed by atoms with E-state index in [-0.39, 0.29) is 0 Å². The van der Waals surface area contributed by atoms with E-state index in [0.717, 1.165) is 17.7 Å². The highest BCUT2D eigenvalue weighted by atomic mass is 32.2. The number of thioether (sulfide) groups is 1. The Morgan fingerprint density at radius 1 is 1.40 bits per heavy atom. The Morgan fingerprint density at radius 3 is 2.30 bits per heavy atom. The van der Waals surface area contributed by atoms with E-state index < -0.39 is 0 Å². The van der Waals surface area contributed by atoms with Gasteiger partial charge in [0, 0.05) is 11.8 Å². The van der Waals surface area contributed by atoms with Crippen LogP contribution in [0, 0.1) is 5.92 Å². The predicted octanol–water partition coefficient (Wildman–Crippen LogP) is 1.98. The molecule has 0 aliphatic rings. The Kier molecular flexibility index (Phi) is 6.24. The Hall–Kier alpha value is 0.310. The molecule has 0 aromatic carbocycles. The summed E-state index contributed by atoms with van der Waals surface area (Å²) in [7, 11) is 2.02. The highest BCUT2D eigenvalue weighted by molar-refractivity contribution is 7.99. The Balaban J connectivity index is 3.50. The lowest BCUT2D eigenvalue weighted by Gasteiger charge is -2.18. The Labute approximate surface area is 69.0 Å². The van der Waals surface area contributed by atoms with Crippen LogP contribution in [0.4, 0.5) is 0 Å². The summed E-state index contributed by atoms with van der Waals surface area (Å²) >= 11 is 2.05. The van der Waals surface area contributed by atoms with E-state index >= 15 is 0 Å². The van der Waals surface area contributed by atoms with Gasteiger partial charge >= 0.3 is 0 Å². The topological polar surface area (TPSA) is 12.0 Å². The Morgan fingerprint density at radius 2 is 2.00 bits per heavy atom. The van der Waals surface area contributed by atoms with E-state index in [0.29, 0.717) is 0 Å². The molecule has 0 saturated heterocycles. The van der Waals surface area contributed by atoms with Crippen molar-refractivity contribution in [3.05, 3.63) is 0 Å². The van der Waals surface area contributed by atoms with Crippen LogP contribution in [0.2, 0.25) is 0 Å². The minimum Gasteiger partial charge on any atom is -0.319 e. The summed E-state index contributed by atoms with van der Waals surface area (Å²) in [4.78, 5) is 0. The lowest BCUT2D eigenvalue weighted by molar-refractivity contribution is 0.579. The maximum atomic E-state index is 3.21. The van der Waals surface area contributed by atoms with Gasteiger partial charge in [-0.2, -0.15) is 11.8 Å². The second-order valence-electron chi connectivity index (χ2n) is 2.80. The number of hydrogen-bond acceptors (Lipinski definition) is 2. The minimum absolute atomic E-state index is 0.787. The first kappa shape index (κ1) is 10.3. The monoisotopic (exact) mass is 161 g/mol. The van der Waals surface area contributed by atoms with Crippen molar-refractivity contribution in [1.29, 1.82) is 0 Å². The molecule has 2 heteroatoms. The molecule has 10 heavy (non-hydrogen) atoms. The highest BCUT2D eigenvalue weighted by Gasteiger charge is 2.10. The summed E-state index contributed by atoms with van der Waals surface area (Å²) in [5.74, 6) is 2.02. The van der Waals surface area contributed by atoms with E-state index in [1.54, 1.807) is 0 Å². The SMILES string of the molecule is CCSC(CNC)C(C)C. The van der Waals surface area contributed by atoms with E-state index in [4.69, 9.17) is 0 Å². The first-order chi connectivity index (χ1) is 4.72. The molecule has 0 saturated carbocycles. The molecule has 1 N–H and O–H groups in total. The van der Waals surface area contributed by atoms with Crippen LogP contribution in [0.1, 0.15) is 20.8 Å². The summed E-state index contributed by atoms with van der Waals surface area (Å²) in [5.41, 5.74) is 0. The minimum atomic E-state index is 0.787. The normalized spacial score (nSPS) is 14.1. The van der Waals surface area contributed by atoms with E-state index in [1.165, 1.54) is 5.75 Å². The van der Waals surface area contributed by atoms with Crippen molar-refractivity contribution in [2.45, 2.75) is 26.0 Å². The molecule has 0 heterocycles. The molecule has 0 aromatic heterocycles. The molecule has 1 atom stereocenters. The summed E-state index contributed by atoms with van der Waals surface area (Å²) in [6, 6.07) is 0. The molecule has 62 valence electrons. The molecule has 0 rings (SSSR count). The summed E-state index contributed by atoms with van der Waals surface area (Å²) in [6.07, 6.45) is 0. The predicted molar refractivity (Wildman–Crippen MR) is 50.7 cm³/mol. The maximum absolute atomic E-state index is 3.21. The van der Waals surface area contributed by atoms with Crippen LogP contribution in [0.25, 0.3) is 0 Å². The second kappa shape index (κ2) is 6.05. The summed E-state index contributed by atoms with van der Waals surface area (Å²) < 4.78 is 0. The van der Waals surface area contributed by atoms with Crippen LogP contribution in [0.3, 0.4) is 0 Å². The van der Waals surface area contributed by atoms with Crippen LogP contribution in [-0.2, 0) is 0 Å². The average Bonchev–Trinajstić information content (AvgIpc) is 1.87. The van der Waals surface area contributed by atoms with Gasteiger partial charge in [0.1, 0.15) is 0 Å². The summed E-state index contributed by atoms with van der Waals surface area (Å²) in [6.45, 7) is 7.92. The fourth-order valence-electron chi connectivity index (χ4n) is 0.902. The molecule has 0 spiro atoms. The summed E-state index contributed by atoms with van der Waals surface area (Å²) in [5, 5.41) is 4.00. The molecule has 0 aliphatic carbocycles. The van der Waals surface area contributed by atoms with Gasteiger partial charge in [-0.25, -0.2) is 0 Å². The number of nitrogens with one attached hydrogen (secondary N) is 1. The van der Waals surface area contributed by atoms with Crippen molar-refractivity contribution in [2.24, 2.45) is 5.92 Å². The van der Waals surface area contributed by atoms with Crippen LogP contribution >= 0.6 is 11.8 Å². The zero-order valence-electron chi connectivity index (χ0n) is 7.48. The third-order valence-electron chi connectivity index (χ3n) is 1.53. The molecule has 0 aliphatic heterocycles. The van der Waals surface area contributed by atoms with Gasteiger partial charge in [0.15, 0.2) is 0 Å². The molecular formula is C8H19NS. The molecule has 0 amide bonds. The van der Waals surface area contributed by atoms with Crippen LogP contribution in [0.15, 0.2) is 0 Å². The molecular weight excluding hydrogens is 142 g/mol. The standard InChI is InChI=1S/C8H19NS/c1-5-10-8(6-9-4)7(2)3/h7-9H,5-6H2,1-4H3. The van der Waals surface area contributed by atoms with Gasteiger partial charge in [-0.3, -0.25) is 0 Å². The van der Waals surface area contributed by atoms with Gasteiger partial charge in [0.2, 0.25) is 0 Å².